The largest absolute Gasteiger partial charge is 0.347 e. The molecular formula is C11H17N3. The Labute approximate surface area is 84.3 Å². The van der Waals surface area contributed by atoms with E-state index in [9.17, 15) is 0 Å². The first kappa shape index (κ1) is 8.48. The molecule has 0 spiro atoms. The van der Waals surface area contributed by atoms with Gasteiger partial charge in [-0.1, -0.05) is 6.42 Å². The third-order valence-electron chi connectivity index (χ3n) is 3.85. The van der Waals surface area contributed by atoms with Crippen molar-refractivity contribution in [3.8, 4) is 0 Å². The van der Waals surface area contributed by atoms with Gasteiger partial charge in [0.25, 0.3) is 0 Å². The van der Waals surface area contributed by atoms with Gasteiger partial charge in [-0.3, -0.25) is 0 Å². The second-order valence-electron chi connectivity index (χ2n) is 4.74. The normalized spacial score (nSPS) is 35.3. The predicted molar refractivity (Wildman–Crippen MR) is 54.7 cm³/mol. The maximum Gasteiger partial charge on any atom is 0.0922 e. The van der Waals surface area contributed by atoms with Crippen LogP contribution in [0.5, 0.6) is 0 Å². The summed E-state index contributed by atoms with van der Waals surface area (Å²) in [5.41, 5.74) is 1.20. The lowest BCUT2D eigenvalue weighted by Crippen LogP contribution is -2.33. The van der Waals surface area contributed by atoms with Crippen molar-refractivity contribution in [2.75, 3.05) is 0 Å². The number of rotatable bonds is 3. The van der Waals surface area contributed by atoms with Gasteiger partial charge in [0, 0.05) is 24.5 Å². The molecule has 3 atom stereocenters. The van der Waals surface area contributed by atoms with Gasteiger partial charge in [-0.25, -0.2) is 4.98 Å². The van der Waals surface area contributed by atoms with Gasteiger partial charge in [-0.15, -0.1) is 0 Å². The molecular weight excluding hydrogens is 174 g/mol. The van der Waals surface area contributed by atoms with E-state index in [2.05, 4.69) is 15.3 Å². The Hall–Kier alpha value is -0.830. The maximum atomic E-state index is 4.02. The van der Waals surface area contributed by atoms with Gasteiger partial charge in [-0.2, -0.15) is 0 Å². The van der Waals surface area contributed by atoms with Crippen LogP contribution in [0.4, 0.5) is 0 Å². The number of H-pyrrole nitrogens is 1. The number of fused-ring (bicyclic) bond motifs is 2. The summed E-state index contributed by atoms with van der Waals surface area (Å²) < 4.78 is 0. The zero-order valence-electron chi connectivity index (χ0n) is 8.37. The second kappa shape index (κ2) is 3.39. The Morgan fingerprint density at radius 3 is 3.07 bits per heavy atom. The molecule has 3 rings (SSSR count). The van der Waals surface area contributed by atoms with Gasteiger partial charge < -0.3 is 10.3 Å². The fourth-order valence-electron chi connectivity index (χ4n) is 3.12. The molecule has 0 aliphatic heterocycles. The Balaban J connectivity index is 1.54. The molecule has 2 N–H and O–H groups in total. The standard InChI is InChI=1S/C11H17N3/c1-2-9-3-8(1)4-11(9)13-6-10-5-12-7-14-10/h5,7-9,11,13H,1-4,6H2,(H,12,14). The molecule has 0 saturated heterocycles. The van der Waals surface area contributed by atoms with Crippen molar-refractivity contribution < 1.29 is 0 Å². The van der Waals surface area contributed by atoms with Crippen LogP contribution in [0.25, 0.3) is 0 Å². The van der Waals surface area contributed by atoms with Crippen molar-refractivity contribution in [2.45, 2.75) is 38.3 Å². The Kier molecular flexibility index (Phi) is 2.05. The van der Waals surface area contributed by atoms with Gasteiger partial charge in [0.05, 0.1) is 6.33 Å². The number of aromatic nitrogens is 2. The van der Waals surface area contributed by atoms with E-state index >= 15 is 0 Å². The van der Waals surface area contributed by atoms with Crippen molar-refractivity contribution in [1.29, 1.82) is 0 Å². The summed E-state index contributed by atoms with van der Waals surface area (Å²) in [5.74, 6) is 1.99. The SMILES string of the molecule is c1ncc(CNC2CC3CCC2C3)[nH]1. The predicted octanol–water partition coefficient (Wildman–Crippen LogP) is 1.69. The third-order valence-corrected chi connectivity index (χ3v) is 3.85. The number of imidazole rings is 1. The molecule has 2 aliphatic carbocycles. The van der Waals surface area contributed by atoms with Crippen LogP contribution in [0.15, 0.2) is 12.5 Å². The van der Waals surface area contributed by atoms with Crippen LogP contribution in [0.2, 0.25) is 0 Å². The van der Waals surface area contributed by atoms with Crippen LogP contribution < -0.4 is 5.32 Å². The van der Waals surface area contributed by atoms with Crippen LogP contribution in [0.3, 0.4) is 0 Å². The first-order chi connectivity index (χ1) is 6.92. The van der Waals surface area contributed by atoms with Crippen molar-refractivity contribution >= 4 is 0 Å². The lowest BCUT2D eigenvalue weighted by Gasteiger charge is -2.22. The summed E-state index contributed by atoms with van der Waals surface area (Å²) in [6, 6.07) is 0.775. The van der Waals surface area contributed by atoms with Gasteiger partial charge in [0.15, 0.2) is 0 Å². The van der Waals surface area contributed by atoms with Crippen LogP contribution >= 0.6 is 0 Å². The maximum absolute atomic E-state index is 4.02. The van der Waals surface area contributed by atoms with E-state index in [1.807, 2.05) is 6.20 Å². The molecule has 2 bridgehead atoms. The van der Waals surface area contributed by atoms with Crippen LogP contribution in [0.1, 0.15) is 31.4 Å². The Morgan fingerprint density at radius 1 is 1.43 bits per heavy atom. The lowest BCUT2D eigenvalue weighted by atomic mass is 9.95. The number of nitrogens with one attached hydrogen (secondary N) is 2. The second-order valence-corrected chi connectivity index (χ2v) is 4.74. The minimum atomic E-state index is 0.775. The molecule has 1 aromatic rings. The summed E-state index contributed by atoms with van der Waals surface area (Å²) in [5, 5.41) is 3.64. The fourth-order valence-corrected chi connectivity index (χ4v) is 3.12. The van der Waals surface area contributed by atoms with E-state index in [0.717, 1.165) is 24.4 Å². The molecule has 14 heavy (non-hydrogen) atoms. The summed E-state index contributed by atoms with van der Waals surface area (Å²) in [7, 11) is 0. The van der Waals surface area contributed by atoms with E-state index in [-0.39, 0.29) is 0 Å². The monoisotopic (exact) mass is 191 g/mol. The highest BCUT2D eigenvalue weighted by Crippen LogP contribution is 2.44. The smallest absolute Gasteiger partial charge is 0.0922 e. The average Bonchev–Trinajstić information content (AvgIpc) is 2.91. The van der Waals surface area contributed by atoms with E-state index in [0.29, 0.717) is 0 Å². The van der Waals surface area contributed by atoms with Crippen LogP contribution in [0, 0.1) is 11.8 Å². The number of hydrogen-bond donors (Lipinski definition) is 2. The number of hydrogen-bond acceptors (Lipinski definition) is 2. The Morgan fingerprint density at radius 2 is 2.43 bits per heavy atom. The summed E-state index contributed by atoms with van der Waals surface area (Å²) in [6.07, 6.45) is 9.45. The van der Waals surface area contributed by atoms with Gasteiger partial charge >= 0.3 is 0 Å². The zero-order valence-corrected chi connectivity index (χ0v) is 8.37. The lowest BCUT2D eigenvalue weighted by molar-refractivity contribution is 0.349. The van der Waals surface area contributed by atoms with E-state index in [1.54, 1.807) is 6.33 Å². The van der Waals surface area contributed by atoms with Crippen molar-refractivity contribution in [1.82, 2.24) is 15.3 Å². The quantitative estimate of drug-likeness (QED) is 0.763. The zero-order chi connectivity index (χ0) is 9.38. The summed E-state index contributed by atoms with van der Waals surface area (Å²) in [6.45, 7) is 0.952. The Bertz CT molecular complexity index is 293. The van der Waals surface area contributed by atoms with Gasteiger partial charge in [-0.05, 0) is 31.1 Å². The molecule has 3 heteroatoms. The van der Waals surface area contributed by atoms with E-state index < -0.39 is 0 Å². The fraction of sp³-hybridized carbons (Fsp3) is 0.727. The first-order valence-electron chi connectivity index (χ1n) is 5.62. The number of nitrogens with zero attached hydrogens (tertiary/aromatic N) is 1. The molecule has 2 aliphatic rings. The molecule has 0 radical (unpaired) electrons. The minimum absolute atomic E-state index is 0.775. The molecule has 76 valence electrons. The molecule has 0 amide bonds. The minimum Gasteiger partial charge on any atom is -0.347 e. The summed E-state index contributed by atoms with van der Waals surface area (Å²) >= 11 is 0. The van der Waals surface area contributed by atoms with E-state index in [1.165, 1.54) is 31.4 Å². The molecule has 2 saturated carbocycles. The first-order valence-corrected chi connectivity index (χ1v) is 5.62. The summed E-state index contributed by atoms with van der Waals surface area (Å²) in [4.78, 5) is 7.15. The van der Waals surface area contributed by atoms with Gasteiger partial charge in [0.2, 0.25) is 0 Å². The molecule has 3 nitrogen and oxygen atoms in total. The highest BCUT2D eigenvalue weighted by Gasteiger charge is 2.38. The van der Waals surface area contributed by atoms with Crippen LogP contribution in [-0.2, 0) is 6.54 Å². The third kappa shape index (κ3) is 1.46. The molecule has 1 aromatic heterocycles. The molecule has 0 aromatic carbocycles. The highest BCUT2D eigenvalue weighted by atomic mass is 15.0. The van der Waals surface area contributed by atoms with E-state index in [4.69, 9.17) is 0 Å². The molecule has 3 unspecified atom stereocenters. The van der Waals surface area contributed by atoms with Gasteiger partial charge in [0.1, 0.15) is 0 Å². The van der Waals surface area contributed by atoms with Crippen molar-refractivity contribution in [2.24, 2.45) is 11.8 Å². The van der Waals surface area contributed by atoms with Crippen LogP contribution in [-0.4, -0.2) is 16.0 Å². The average molecular weight is 191 g/mol. The molecule has 2 fully saturated rings. The number of aromatic amines is 1. The van der Waals surface area contributed by atoms with Crippen molar-refractivity contribution in [3.63, 3.8) is 0 Å². The van der Waals surface area contributed by atoms with Crippen molar-refractivity contribution in [3.05, 3.63) is 18.2 Å². The topological polar surface area (TPSA) is 40.7 Å². The molecule has 1 heterocycles. The highest BCUT2D eigenvalue weighted by molar-refractivity contribution is 4.98.